The lowest BCUT2D eigenvalue weighted by atomic mass is 10.0. The van der Waals surface area contributed by atoms with Gasteiger partial charge in [-0.15, -0.1) is 11.3 Å². The number of hydrogen-bond acceptors (Lipinski definition) is 8. The molecule has 32 heavy (non-hydrogen) atoms. The largest absolute Gasteiger partial charge is 0.497 e. The number of ether oxygens (including phenoxy) is 3. The highest BCUT2D eigenvalue weighted by Crippen LogP contribution is 2.38. The van der Waals surface area contributed by atoms with Crippen LogP contribution in [-0.2, 0) is 32.5 Å². The number of carbonyl (C=O) groups is 1. The normalized spacial score (nSPS) is 21.0. The number of aromatic carboxylic acids is 1. The van der Waals surface area contributed by atoms with E-state index in [4.69, 9.17) is 14.2 Å². The number of thiophene rings is 1. The average Bonchev–Trinajstić information content (AvgIpc) is 3.15. The molecule has 174 valence electrons. The van der Waals surface area contributed by atoms with Gasteiger partial charge >= 0.3 is 5.97 Å². The first-order valence-corrected chi connectivity index (χ1v) is 12.7. The predicted octanol–water partition coefficient (Wildman–Crippen LogP) is 2.81. The molecular weight excluding hydrogens is 456 g/mol. The van der Waals surface area contributed by atoms with Crippen molar-refractivity contribution in [3.63, 3.8) is 0 Å². The fourth-order valence-corrected chi connectivity index (χ4v) is 6.08. The van der Waals surface area contributed by atoms with Gasteiger partial charge in [-0.05, 0) is 49.1 Å². The molecule has 0 amide bonds. The summed E-state index contributed by atoms with van der Waals surface area (Å²) in [5.41, 5.74) is 0.922. The Morgan fingerprint density at radius 3 is 2.69 bits per heavy atom. The molecular formula is C21H26N2O7S2. The molecule has 2 aromatic rings. The minimum Gasteiger partial charge on any atom is -0.497 e. The smallest absolute Gasteiger partial charge is 0.338 e. The van der Waals surface area contributed by atoms with E-state index in [1.807, 2.05) is 0 Å². The van der Waals surface area contributed by atoms with Gasteiger partial charge in [-0.2, -0.15) is 0 Å². The summed E-state index contributed by atoms with van der Waals surface area (Å²) in [7, 11) is -2.22. The fourth-order valence-electron chi connectivity index (χ4n) is 3.83. The first-order valence-electron chi connectivity index (χ1n) is 10.4. The van der Waals surface area contributed by atoms with Gasteiger partial charge in [-0.3, -0.25) is 0 Å². The van der Waals surface area contributed by atoms with Gasteiger partial charge in [0.15, 0.2) is 0 Å². The molecule has 11 heteroatoms. The Hall–Kier alpha value is -2.18. The molecule has 0 aliphatic carbocycles. The van der Waals surface area contributed by atoms with E-state index in [1.54, 1.807) is 12.1 Å². The van der Waals surface area contributed by atoms with Crippen molar-refractivity contribution in [2.24, 2.45) is 0 Å². The van der Waals surface area contributed by atoms with Crippen LogP contribution in [0.1, 0.15) is 40.1 Å². The third kappa shape index (κ3) is 5.07. The summed E-state index contributed by atoms with van der Waals surface area (Å²) in [6.07, 6.45) is 2.51. The van der Waals surface area contributed by atoms with Crippen molar-refractivity contribution < 1.29 is 32.5 Å². The van der Waals surface area contributed by atoms with Crippen molar-refractivity contribution in [3.8, 4) is 5.75 Å². The van der Waals surface area contributed by atoms with Crippen LogP contribution in [0.5, 0.6) is 5.75 Å². The van der Waals surface area contributed by atoms with Gasteiger partial charge in [-0.25, -0.2) is 17.9 Å². The molecule has 0 bridgehead atoms. The standard InChI is InChI=1S/C21H26N2O7S2/c1-28-13-5-7-15(8-6-13)32(26,27)22-11-14-10-16-17(12-30-14)31-20(19(16)21(24)25)23-18-4-2-3-9-29-18/h5-8,14,18,22-23H,2-4,9-12H2,1H3,(H,24,25). The monoisotopic (exact) mass is 482 g/mol. The number of carboxylic acids is 1. The number of nitrogens with one attached hydrogen (secondary N) is 2. The van der Waals surface area contributed by atoms with E-state index in [1.165, 1.54) is 30.6 Å². The van der Waals surface area contributed by atoms with Crippen LogP contribution in [0.4, 0.5) is 5.00 Å². The Morgan fingerprint density at radius 1 is 1.25 bits per heavy atom. The third-order valence-electron chi connectivity index (χ3n) is 5.53. The van der Waals surface area contributed by atoms with Crippen molar-refractivity contribution in [2.75, 3.05) is 25.6 Å². The minimum atomic E-state index is -3.73. The molecule has 3 N–H and O–H groups in total. The zero-order valence-corrected chi connectivity index (χ0v) is 19.3. The Bertz CT molecular complexity index is 1060. The van der Waals surface area contributed by atoms with Crippen LogP contribution in [-0.4, -0.2) is 52.1 Å². The van der Waals surface area contributed by atoms with Crippen LogP contribution in [0.15, 0.2) is 29.2 Å². The quantitative estimate of drug-likeness (QED) is 0.525. The molecule has 0 saturated carbocycles. The Morgan fingerprint density at radius 2 is 2.03 bits per heavy atom. The van der Waals surface area contributed by atoms with Crippen molar-refractivity contribution >= 4 is 32.3 Å². The summed E-state index contributed by atoms with van der Waals surface area (Å²) >= 11 is 1.36. The van der Waals surface area contributed by atoms with Gasteiger partial charge in [-0.1, -0.05) is 0 Å². The molecule has 1 saturated heterocycles. The first kappa shape index (κ1) is 23.0. The van der Waals surface area contributed by atoms with Crippen LogP contribution < -0.4 is 14.8 Å². The summed E-state index contributed by atoms with van der Waals surface area (Å²) in [5.74, 6) is -0.450. The molecule has 1 aromatic heterocycles. The van der Waals surface area contributed by atoms with E-state index in [0.29, 0.717) is 29.3 Å². The molecule has 0 radical (unpaired) electrons. The number of carboxylic acid groups (broad SMARTS) is 1. The summed E-state index contributed by atoms with van der Waals surface area (Å²) < 4.78 is 44.3. The third-order valence-corrected chi connectivity index (χ3v) is 8.11. The van der Waals surface area contributed by atoms with E-state index < -0.39 is 22.1 Å². The highest BCUT2D eigenvalue weighted by Gasteiger charge is 2.31. The van der Waals surface area contributed by atoms with Gasteiger partial charge in [0, 0.05) is 24.4 Å². The summed E-state index contributed by atoms with van der Waals surface area (Å²) in [4.78, 5) is 13.0. The first-order chi connectivity index (χ1) is 15.4. The number of anilines is 1. The predicted molar refractivity (Wildman–Crippen MR) is 119 cm³/mol. The summed E-state index contributed by atoms with van der Waals surface area (Å²) in [5, 5.41) is 13.6. The number of hydrogen-bond donors (Lipinski definition) is 3. The van der Waals surface area contributed by atoms with Gasteiger partial charge in [0.1, 0.15) is 17.0 Å². The summed E-state index contributed by atoms with van der Waals surface area (Å²) in [6.45, 7) is 0.935. The number of rotatable bonds is 8. The van der Waals surface area contributed by atoms with Crippen LogP contribution in [0.2, 0.25) is 0 Å². The van der Waals surface area contributed by atoms with Crippen molar-refractivity contribution in [2.45, 2.75) is 49.5 Å². The maximum Gasteiger partial charge on any atom is 0.338 e. The maximum absolute atomic E-state index is 12.6. The second-order valence-corrected chi connectivity index (χ2v) is 10.5. The maximum atomic E-state index is 12.6. The van der Waals surface area contributed by atoms with Gasteiger partial charge in [0.25, 0.3) is 0 Å². The lowest BCUT2D eigenvalue weighted by molar-refractivity contribution is 0.0337. The molecule has 0 spiro atoms. The molecule has 2 aliphatic heterocycles. The highest BCUT2D eigenvalue weighted by atomic mass is 32.2. The number of fused-ring (bicyclic) bond motifs is 1. The van der Waals surface area contributed by atoms with E-state index in [2.05, 4.69) is 10.0 Å². The summed E-state index contributed by atoms with van der Waals surface area (Å²) in [6, 6.07) is 6.08. The van der Waals surface area contributed by atoms with Crippen molar-refractivity contribution in [3.05, 3.63) is 40.3 Å². The molecule has 1 fully saturated rings. The molecule has 4 rings (SSSR count). The minimum absolute atomic E-state index is 0.0389. The van der Waals surface area contributed by atoms with Gasteiger partial charge in [0.05, 0.1) is 30.3 Å². The zero-order chi connectivity index (χ0) is 22.7. The number of methoxy groups -OCH3 is 1. The van der Waals surface area contributed by atoms with Crippen molar-refractivity contribution in [1.82, 2.24) is 4.72 Å². The van der Waals surface area contributed by atoms with E-state index in [9.17, 15) is 18.3 Å². The highest BCUT2D eigenvalue weighted by molar-refractivity contribution is 7.89. The fraction of sp³-hybridized carbons (Fsp3) is 0.476. The Balaban J connectivity index is 1.45. The molecule has 2 aliphatic rings. The molecule has 2 unspecified atom stereocenters. The Kier molecular flexibility index (Phi) is 7.01. The number of benzene rings is 1. The van der Waals surface area contributed by atoms with Crippen molar-refractivity contribution in [1.29, 1.82) is 0 Å². The molecule has 9 nitrogen and oxygen atoms in total. The van der Waals surface area contributed by atoms with E-state index in [0.717, 1.165) is 24.1 Å². The second-order valence-electron chi connectivity index (χ2n) is 7.68. The topological polar surface area (TPSA) is 123 Å². The Labute approximate surface area is 190 Å². The van der Waals surface area contributed by atoms with E-state index >= 15 is 0 Å². The molecule has 2 atom stereocenters. The lowest BCUT2D eigenvalue weighted by Crippen LogP contribution is -2.36. The average molecular weight is 483 g/mol. The zero-order valence-electron chi connectivity index (χ0n) is 17.6. The van der Waals surface area contributed by atoms with Crippen LogP contribution in [0, 0.1) is 0 Å². The van der Waals surface area contributed by atoms with E-state index in [-0.39, 0.29) is 29.8 Å². The van der Waals surface area contributed by atoms with Crippen LogP contribution >= 0.6 is 11.3 Å². The van der Waals surface area contributed by atoms with Gasteiger partial charge in [0.2, 0.25) is 10.0 Å². The molecule has 3 heterocycles. The lowest BCUT2D eigenvalue weighted by Gasteiger charge is -2.24. The SMILES string of the molecule is COc1ccc(S(=O)(=O)NCC2Cc3c(sc(NC4CCCCO4)c3C(=O)O)CO2)cc1. The van der Waals surface area contributed by atoms with Crippen LogP contribution in [0.3, 0.4) is 0 Å². The van der Waals surface area contributed by atoms with Crippen LogP contribution in [0.25, 0.3) is 0 Å². The second kappa shape index (κ2) is 9.75. The number of sulfonamides is 1. The van der Waals surface area contributed by atoms with Gasteiger partial charge < -0.3 is 24.6 Å². The molecule has 1 aromatic carbocycles.